The van der Waals surface area contributed by atoms with E-state index in [1.54, 1.807) is 0 Å². The van der Waals surface area contributed by atoms with Crippen LogP contribution in [-0.2, 0) is 9.53 Å². The molecule has 3 aliphatic rings. The van der Waals surface area contributed by atoms with Crippen molar-refractivity contribution in [2.75, 3.05) is 31.1 Å². The monoisotopic (exact) mass is 356 g/mol. The van der Waals surface area contributed by atoms with Crippen molar-refractivity contribution in [3.63, 3.8) is 0 Å². The molecular formula is C22H32N2O2. The molecule has 1 amide bonds. The van der Waals surface area contributed by atoms with Gasteiger partial charge in [-0.3, -0.25) is 4.79 Å². The molecule has 1 atom stereocenters. The Kier molecular flexibility index (Phi) is 5.07. The van der Waals surface area contributed by atoms with E-state index < -0.39 is 5.60 Å². The van der Waals surface area contributed by atoms with E-state index in [0.717, 1.165) is 24.4 Å². The van der Waals surface area contributed by atoms with Gasteiger partial charge in [0.15, 0.2) is 0 Å². The first kappa shape index (κ1) is 18.0. The third-order valence-electron chi connectivity index (χ3n) is 6.33. The van der Waals surface area contributed by atoms with Crippen molar-refractivity contribution in [1.29, 1.82) is 0 Å². The van der Waals surface area contributed by atoms with Gasteiger partial charge in [0.2, 0.25) is 0 Å². The van der Waals surface area contributed by atoms with Gasteiger partial charge in [-0.25, -0.2) is 0 Å². The SMILES string of the molecule is CC(C)CCN1CCC(C2CN(c3ccccc3)C(=O)C3(CC3)O2)CC1. The average Bonchev–Trinajstić information content (AvgIpc) is 3.44. The summed E-state index contributed by atoms with van der Waals surface area (Å²) in [6.07, 6.45) is 5.62. The van der Waals surface area contributed by atoms with Crippen LogP contribution in [0.4, 0.5) is 5.69 Å². The molecule has 3 fully saturated rings. The molecule has 2 heterocycles. The molecule has 0 N–H and O–H groups in total. The Morgan fingerprint density at radius 1 is 1.15 bits per heavy atom. The fraction of sp³-hybridized carbons (Fsp3) is 0.682. The second-order valence-corrected chi connectivity index (χ2v) is 8.76. The molecule has 4 rings (SSSR count). The fourth-order valence-corrected chi connectivity index (χ4v) is 4.40. The van der Waals surface area contributed by atoms with Crippen molar-refractivity contribution < 1.29 is 9.53 Å². The molecule has 0 bridgehead atoms. The quantitative estimate of drug-likeness (QED) is 0.806. The van der Waals surface area contributed by atoms with E-state index in [4.69, 9.17) is 4.74 Å². The number of rotatable bonds is 5. The van der Waals surface area contributed by atoms with Gasteiger partial charge in [-0.1, -0.05) is 32.0 Å². The predicted octanol–water partition coefficient (Wildman–Crippen LogP) is 3.71. The number of carbonyl (C=O) groups excluding carboxylic acids is 1. The van der Waals surface area contributed by atoms with Gasteiger partial charge in [0.1, 0.15) is 5.60 Å². The maximum Gasteiger partial charge on any atom is 0.259 e. The van der Waals surface area contributed by atoms with Crippen LogP contribution in [0.2, 0.25) is 0 Å². The largest absolute Gasteiger partial charge is 0.360 e. The van der Waals surface area contributed by atoms with E-state index in [2.05, 4.69) is 18.7 Å². The summed E-state index contributed by atoms with van der Waals surface area (Å²) in [7, 11) is 0. The minimum absolute atomic E-state index is 0.175. The highest BCUT2D eigenvalue weighted by atomic mass is 16.5. The van der Waals surface area contributed by atoms with Gasteiger partial charge >= 0.3 is 0 Å². The van der Waals surface area contributed by atoms with E-state index in [0.29, 0.717) is 12.5 Å². The number of para-hydroxylation sites is 1. The molecule has 142 valence electrons. The number of benzene rings is 1. The molecule has 1 spiro atoms. The number of hydrogen-bond acceptors (Lipinski definition) is 3. The van der Waals surface area contributed by atoms with Crippen LogP contribution < -0.4 is 4.90 Å². The molecule has 26 heavy (non-hydrogen) atoms. The van der Waals surface area contributed by atoms with Gasteiger partial charge in [0.25, 0.3) is 5.91 Å². The number of nitrogens with zero attached hydrogens (tertiary/aromatic N) is 2. The van der Waals surface area contributed by atoms with E-state index in [-0.39, 0.29) is 12.0 Å². The number of amides is 1. The summed E-state index contributed by atoms with van der Waals surface area (Å²) in [5.74, 6) is 1.52. The summed E-state index contributed by atoms with van der Waals surface area (Å²) in [5, 5.41) is 0. The average molecular weight is 357 g/mol. The highest BCUT2D eigenvalue weighted by molar-refractivity contribution is 6.02. The molecule has 0 radical (unpaired) electrons. The van der Waals surface area contributed by atoms with Crippen molar-refractivity contribution in [2.24, 2.45) is 11.8 Å². The van der Waals surface area contributed by atoms with Crippen LogP contribution >= 0.6 is 0 Å². The van der Waals surface area contributed by atoms with Crippen molar-refractivity contribution >= 4 is 11.6 Å². The van der Waals surface area contributed by atoms with Crippen molar-refractivity contribution in [3.05, 3.63) is 30.3 Å². The minimum Gasteiger partial charge on any atom is -0.360 e. The summed E-state index contributed by atoms with van der Waals surface area (Å²) in [6, 6.07) is 10.1. The molecule has 0 aromatic heterocycles. The summed E-state index contributed by atoms with van der Waals surface area (Å²) in [6.45, 7) is 8.86. The molecule has 2 aliphatic heterocycles. The number of hydrogen-bond donors (Lipinski definition) is 0. The normalized spacial score (nSPS) is 26.7. The summed E-state index contributed by atoms with van der Waals surface area (Å²) in [5.41, 5.74) is 0.513. The smallest absolute Gasteiger partial charge is 0.259 e. The van der Waals surface area contributed by atoms with Crippen molar-refractivity contribution in [3.8, 4) is 0 Å². The lowest BCUT2D eigenvalue weighted by Crippen LogP contribution is -2.56. The van der Waals surface area contributed by atoms with Crippen LogP contribution in [0.25, 0.3) is 0 Å². The van der Waals surface area contributed by atoms with E-state index in [9.17, 15) is 4.79 Å². The Labute approximate surface area is 157 Å². The number of piperidine rings is 1. The van der Waals surface area contributed by atoms with Crippen molar-refractivity contribution in [1.82, 2.24) is 4.90 Å². The zero-order valence-electron chi connectivity index (χ0n) is 16.2. The van der Waals surface area contributed by atoms with Crippen LogP contribution in [0.5, 0.6) is 0 Å². The van der Waals surface area contributed by atoms with E-state index >= 15 is 0 Å². The molecule has 4 nitrogen and oxygen atoms in total. The van der Waals surface area contributed by atoms with Gasteiger partial charge < -0.3 is 14.5 Å². The molecular weight excluding hydrogens is 324 g/mol. The molecule has 1 aliphatic carbocycles. The van der Waals surface area contributed by atoms with Crippen LogP contribution in [-0.4, -0.2) is 48.7 Å². The standard InChI is InChI=1S/C22H32N2O2/c1-17(2)8-13-23-14-9-18(10-15-23)20-16-24(19-6-4-3-5-7-19)21(25)22(26-20)11-12-22/h3-7,17-18,20H,8-16H2,1-2H3. The minimum atomic E-state index is -0.506. The van der Waals surface area contributed by atoms with Crippen LogP contribution in [0.1, 0.15) is 46.0 Å². The molecule has 1 aromatic carbocycles. The predicted molar refractivity (Wildman–Crippen MR) is 104 cm³/mol. The third-order valence-corrected chi connectivity index (χ3v) is 6.33. The molecule has 4 heteroatoms. The molecule has 1 saturated carbocycles. The second-order valence-electron chi connectivity index (χ2n) is 8.76. The Balaban J connectivity index is 1.41. The Morgan fingerprint density at radius 3 is 2.46 bits per heavy atom. The highest BCUT2D eigenvalue weighted by Gasteiger charge is 2.58. The van der Waals surface area contributed by atoms with Crippen LogP contribution in [0, 0.1) is 11.8 Å². The van der Waals surface area contributed by atoms with Crippen LogP contribution in [0.15, 0.2) is 30.3 Å². The lowest BCUT2D eigenvalue weighted by atomic mass is 9.89. The highest BCUT2D eigenvalue weighted by Crippen LogP contribution is 2.47. The van der Waals surface area contributed by atoms with Gasteiger partial charge in [0, 0.05) is 5.69 Å². The zero-order valence-corrected chi connectivity index (χ0v) is 16.2. The van der Waals surface area contributed by atoms with Gasteiger partial charge in [-0.2, -0.15) is 0 Å². The van der Waals surface area contributed by atoms with Crippen molar-refractivity contribution in [2.45, 2.75) is 57.7 Å². The first-order valence-corrected chi connectivity index (χ1v) is 10.3. The van der Waals surface area contributed by atoms with E-state index in [1.165, 1.54) is 38.9 Å². The zero-order chi connectivity index (χ0) is 18.1. The number of likely N-dealkylation sites (tertiary alicyclic amines) is 1. The fourth-order valence-electron chi connectivity index (χ4n) is 4.40. The maximum atomic E-state index is 12.9. The summed E-state index contributed by atoms with van der Waals surface area (Å²) < 4.78 is 6.41. The number of morpholine rings is 1. The number of carbonyl (C=O) groups is 1. The van der Waals surface area contributed by atoms with Gasteiger partial charge in [0.05, 0.1) is 12.6 Å². The Bertz CT molecular complexity index is 618. The maximum absolute atomic E-state index is 12.9. The molecule has 2 saturated heterocycles. The summed E-state index contributed by atoms with van der Waals surface area (Å²) in [4.78, 5) is 17.5. The van der Waals surface area contributed by atoms with Crippen LogP contribution in [0.3, 0.4) is 0 Å². The van der Waals surface area contributed by atoms with Gasteiger partial charge in [-0.15, -0.1) is 0 Å². The number of ether oxygens (including phenoxy) is 1. The first-order valence-electron chi connectivity index (χ1n) is 10.3. The molecule has 1 unspecified atom stereocenters. The topological polar surface area (TPSA) is 32.8 Å². The lowest BCUT2D eigenvalue weighted by molar-refractivity contribution is -0.150. The second kappa shape index (κ2) is 7.32. The summed E-state index contributed by atoms with van der Waals surface area (Å²) >= 11 is 0. The van der Waals surface area contributed by atoms with E-state index in [1.807, 2.05) is 35.2 Å². The lowest BCUT2D eigenvalue weighted by Gasteiger charge is -2.43. The Hall–Kier alpha value is -1.39. The first-order chi connectivity index (χ1) is 12.6. The third kappa shape index (κ3) is 3.67. The van der Waals surface area contributed by atoms with Gasteiger partial charge in [-0.05, 0) is 75.7 Å². The number of anilines is 1. The molecule has 1 aromatic rings. The Morgan fingerprint density at radius 2 is 1.85 bits per heavy atom.